The standard InChI is InChI=1S/C17H19BrN6/c1-12-9-14(18)7-6-13(12)10-20-17(19-2)21-11-16-23-22-15-5-3-4-8-24(15)16/h3-9H,10-11H2,1-2H3,(H2,19,20,21). The van der Waals surface area contributed by atoms with E-state index in [1.54, 1.807) is 7.05 Å². The van der Waals surface area contributed by atoms with Crippen LogP contribution in [-0.4, -0.2) is 27.6 Å². The maximum absolute atomic E-state index is 4.26. The van der Waals surface area contributed by atoms with Gasteiger partial charge in [0.15, 0.2) is 17.4 Å². The number of aliphatic imine (C=N–C) groups is 1. The second kappa shape index (κ2) is 7.44. The Morgan fingerprint density at radius 2 is 2.00 bits per heavy atom. The Kier molecular flexibility index (Phi) is 5.10. The zero-order chi connectivity index (χ0) is 16.9. The Hall–Kier alpha value is -2.41. The van der Waals surface area contributed by atoms with Crippen molar-refractivity contribution in [2.24, 2.45) is 4.99 Å². The first-order valence-electron chi connectivity index (χ1n) is 7.65. The van der Waals surface area contributed by atoms with Crippen LogP contribution >= 0.6 is 15.9 Å². The van der Waals surface area contributed by atoms with Crippen LogP contribution in [0, 0.1) is 6.92 Å². The summed E-state index contributed by atoms with van der Waals surface area (Å²) in [5.41, 5.74) is 3.30. The van der Waals surface area contributed by atoms with Crippen molar-refractivity contribution in [1.29, 1.82) is 0 Å². The summed E-state index contributed by atoms with van der Waals surface area (Å²) in [6.07, 6.45) is 1.95. The van der Waals surface area contributed by atoms with E-state index in [4.69, 9.17) is 0 Å². The van der Waals surface area contributed by atoms with Gasteiger partial charge in [-0.1, -0.05) is 28.1 Å². The molecular formula is C17H19BrN6. The van der Waals surface area contributed by atoms with Crippen molar-refractivity contribution in [3.63, 3.8) is 0 Å². The number of halogens is 1. The molecule has 0 saturated heterocycles. The molecule has 24 heavy (non-hydrogen) atoms. The van der Waals surface area contributed by atoms with Gasteiger partial charge in [0, 0.05) is 24.3 Å². The van der Waals surface area contributed by atoms with Gasteiger partial charge in [0.1, 0.15) is 0 Å². The Bertz CT molecular complexity index is 870. The summed E-state index contributed by atoms with van der Waals surface area (Å²) in [7, 11) is 1.76. The van der Waals surface area contributed by atoms with Crippen LogP contribution < -0.4 is 10.6 Å². The molecule has 2 heterocycles. The third kappa shape index (κ3) is 3.73. The zero-order valence-electron chi connectivity index (χ0n) is 13.6. The maximum atomic E-state index is 4.26. The Balaban J connectivity index is 1.61. The van der Waals surface area contributed by atoms with E-state index in [0.29, 0.717) is 13.1 Å². The fourth-order valence-corrected chi connectivity index (χ4v) is 2.91. The number of hydrogen-bond acceptors (Lipinski definition) is 3. The second-order valence-corrected chi connectivity index (χ2v) is 6.31. The summed E-state index contributed by atoms with van der Waals surface area (Å²) >= 11 is 3.48. The van der Waals surface area contributed by atoms with Crippen LogP contribution in [0.15, 0.2) is 52.1 Å². The monoisotopic (exact) mass is 386 g/mol. The predicted molar refractivity (Wildman–Crippen MR) is 98.9 cm³/mol. The van der Waals surface area contributed by atoms with Crippen LogP contribution in [-0.2, 0) is 13.1 Å². The highest BCUT2D eigenvalue weighted by Gasteiger charge is 2.06. The lowest BCUT2D eigenvalue weighted by Crippen LogP contribution is -2.36. The molecule has 2 N–H and O–H groups in total. The molecular weight excluding hydrogens is 368 g/mol. The quantitative estimate of drug-likeness (QED) is 0.534. The molecule has 7 heteroatoms. The second-order valence-electron chi connectivity index (χ2n) is 5.40. The van der Waals surface area contributed by atoms with Crippen LogP contribution in [0.1, 0.15) is 17.0 Å². The minimum absolute atomic E-state index is 0.546. The van der Waals surface area contributed by atoms with Crippen molar-refractivity contribution < 1.29 is 0 Å². The molecule has 0 aliphatic heterocycles. The number of aromatic nitrogens is 3. The molecule has 2 aromatic heterocycles. The average Bonchev–Trinajstić information content (AvgIpc) is 3.00. The molecule has 3 aromatic rings. The highest BCUT2D eigenvalue weighted by atomic mass is 79.9. The Morgan fingerprint density at radius 3 is 2.79 bits per heavy atom. The van der Waals surface area contributed by atoms with Crippen molar-refractivity contribution in [2.45, 2.75) is 20.0 Å². The molecule has 6 nitrogen and oxygen atoms in total. The van der Waals surface area contributed by atoms with Gasteiger partial charge in [0.05, 0.1) is 6.54 Å². The normalized spacial score (nSPS) is 11.7. The number of rotatable bonds is 4. The topological polar surface area (TPSA) is 66.6 Å². The Morgan fingerprint density at radius 1 is 1.17 bits per heavy atom. The van der Waals surface area contributed by atoms with Crippen molar-refractivity contribution in [1.82, 2.24) is 25.2 Å². The van der Waals surface area contributed by atoms with Crippen molar-refractivity contribution in [3.8, 4) is 0 Å². The number of guanidine groups is 1. The number of fused-ring (bicyclic) bond motifs is 1. The lowest BCUT2D eigenvalue weighted by molar-refractivity contribution is 0.761. The van der Waals surface area contributed by atoms with E-state index in [-0.39, 0.29) is 0 Å². The van der Waals surface area contributed by atoms with Crippen LogP contribution in [0.25, 0.3) is 5.65 Å². The van der Waals surface area contributed by atoms with Crippen molar-refractivity contribution in [3.05, 3.63) is 64.0 Å². The fourth-order valence-electron chi connectivity index (χ4n) is 2.43. The van der Waals surface area contributed by atoms with Gasteiger partial charge < -0.3 is 10.6 Å². The van der Waals surface area contributed by atoms with Gasteiger partial charge >= 0.3 is 0 Å². The summed E-state index contributed by atoms with van der Waals surface area (Å²) in [6, 6.07) is 12.1. The number of nitrogens with zero attached hydrogens (tertiary/aromatic N) is 4. The molecule has 0 atom stereocenters. The number of aryl methyl sites for hydroxylation is 1. The number of nitrogens with one attached hydrogen (secondary N) is 2. The van der Waals surface area contributed by atoms with E-state index in [2.05, 4.69) is 60.8 Å². The lowest BCUT2D eigenvalue weighted by Gasteiger charge is -2.13. The first-order valence-corrected chi connectivity index (χ1v) is 8.45. The smallest absolute Gasteiger partial charge is 0.191 e. The van der Waals surface area contributed by atoms with Crippen LogP contribution in [0.5, 0.6) is 0 Å². The van der Waals surface area contributed by atoms with Gasteiger partial charge in [0.2, 0.25) is 0 Å². The largest absolute Gasteiger partial charge is 0.352 e. The summed E-state index contributed by atoms with van der Waals surface area (Å²) < 4.78 is 3.05. The fraction of sp³-hybridized carbons (Fsp3) is 0.235. The summed E-state index contributed by atoms with van der Waals surface area (Å²) in [6.45, 7) is 3.35. The van der Waals surface area contributed by atoms with E-state index >= 15 is 0 Å². The van der Waals surface area contributed by atoms with Gasteiger partial charge in [0.25, 0.3) is 0 Å². The van der Waals surface area contributed by atoms with E-state index < -0.39 is 0 Å². The first kappa shape index (κ1) is 16.4. The minimum atomic E-state index is 0.546. The van der Waals surface area contributed by atoms with Crippen molar-refractivity contribution in [2.75, 3.05) is 7.05 Å². The SMILES string of the molecule is CN=C(NCc1ccc(Br)cc1C)NCc1nnc2ccccn12. The molecule has 0 radical (unpaired) electrons. The predicted octanol–water partition coefficient (Wildman–Crippen LogP) is 2.67. The summed E-state index contributed by atoms with van der Waals surface area (Å²) in [5.74, 6) is 1.57. The van der Waals surface area contributed by atoms with Gasteiger partial charge in [-0.25, -0.2) is 0 Å². The molecule has 0 spiro atoms. The Labute approximate surface area is 149 Å². The summed E-state index contributed by atoms with van der Waals surface area (Å²) in [5, 5.41) is 14.9. The molecule has 0 aliphatic carbocycles. The number of pyridine rings is 1. The zero-order valence-corrected chi connectivity index (χ0v) is 15.2. The molecule has 0 bridgehead atoms. The third-order valence-electron chi connectivity index (χ3n) is 3.77. The molecule has 3 rings (SSSR count). The van der Waals surface area contributed by atoms with Crippen LogP contribution in [0.3, 0.4) is 0 Å². The summed E-state index contributed by atoms with van der Waals surface area (Å²) in [4.78, 5) is 4.26. The molecule has 0 amide bonds. The molecule has 1 aromatic carbocycles. The van der Waals surface area contributed by atoms with Crippen LogP contribution in [0.4, 0.5) is 0 Å². The van der Waals surface area contributed by atoms with Crippen LogP contribution in [0.2, 0.25) is 0 Å². The van der Waals surface area contributed by atoms with E-state index in [9.17, 15) is 0 Å². The highest BCUT2D eigenvalue weighted by molar-refractivity contribution is 9.10. The van der Waals surface area contributed by atoms with Gasteiger partial charge in [-0.05, 0) is 42.3 Å². The van der Waals surface area contributed by atoms with Crippen molar-refractivity contribution >= 4 is 27.5 Å². The molecule has 0 saturated carbocycles. The number of benzene rings is 1. The highest BCUT2D eigenvalue weighted by Crippen LogP contribution is 2.15. The molecule has 0 fully saturated rings. The van der Waals surface area contributed by atoms with E-state index in [1.165, 1.54) is 11.1 Å². The molecule has 0 aliphatic rings. The minimum Gasteiger partial charge on any atom is -0.352 e. The lowest BCUT2D eigenvalue weighted by atomic mass is 10.1. The molecule has 0 unspecified atom stereocenters. The van der Waals surface area contributed by atoms with Gasteiger partial charge in [-0.15, -0.1) is 10.2 Å². The van der Waals surface area contributed by atoms with Gasteiger partial charge in [-0.2, -0.15) is 0 Å². The van der Waals surface area contributed by atoms with Gasteiger partial charge in [-0.3, -0.25) is 9.39 Å². The third-order valence-corrected chi connectivity index (χ3v) is 4.27. The average molecular weight is 387 g/mol. The van der Waals surface area contributed by atoms with E-state index in [1.807, 2.05) is 34.9 Å². The van der Waals surface area contributed by atoms with E-state index in [0.717, 1.165) is 21.9 Å². The first-order chi connectivity index (χ1) is 11.7. The number of hydrogen-bond donors (Lipinski definition) is 2. The molecule has 124 valence electrons. The maximum Gasteiger partial charge on any atom is 0.191 e.